The third kappa shape index (κ3) is 4.22. The van der Waals surface area contributed by atoms with Crippen LogP contribution < -0.4 is 5.73 Å². The third-order valence-electron chi connectivity index (χ3n) is 4.12. The first-order valence-electron chi connectivity index (χ1n) is 7.23. The summed E-state index contributed by atoms with van der Waals surface area (Å²) in [5, 5.41) is 0. The Balaban J connectivity index is 1.76. The van der Waals surface area contributed by atoms with Gasteiger partial charge in [-0.15, -0.1) is 0 Å². The summed E-state index contributed by atoms with van der Waals surface area (Å²) in [5.41, 5.74) is 8.05. The number of nitrogens with two attached hydrogens (primary N) is 1. The van der Waals surface area contributed by atoms with Crippen LogP contribution in [0.1, 0.15) is 31.7 Å². The number of piperidine rings is 1. The number of anilines is 1. The molecule has 1 atom stereocenters. The highest BCUT2D eigenvalue weighted by atomic mass is 16.5. The van der Waals surface area contributed by atoms with Crippen molar-refractivity contribution >= 4 is 5.69 Å². The van der Waals surface area contributed by atoms with Gasteiger partial charge in [-0.05, 0) is 63.4 Å². The third-order valence-corrected chi connectivity index (χ3v) is 4.12. The number of aryl methyl sites for hydroxylation is 1. The number of nitrogen functional groups attached to an aromatic ring is 1. The Morgan fingerprint density at radius 3 is 3.00 bits per heavy atom. The number of nitrogens with zero attached hydrogens (tertiary/aromatic N) is 1. The highest BCUT2D eigenvalue weighted by Gasteiger charge is 2.30. The van der Waals surface area contributed by atoms with Crippen LogP contribution in [0.5, 0.6) is 0 Å². The molecule has 0 radical (unpaired) electrons. The smallest absolute Gasteiger partial charge is 0.0777 e. The first kappa shape index (κ1) is 14.4. The molecule has 0 spiro atoms. The van der Waals surface area contributed by atoms with Gasteiger partial charge in [0, 0.05) is 19.3 Å². The number of hydrogen-bond acceptors (Lipinski definition) is 3. The Bertz CT molecular complexity index is 407. The van der Waals surface area contributed by atoms with Gasteiger partial charge in [-0.3, -0.25) is 0 Å². The first-order chi connectivity index (χ1) is 9.11. The van der Waals surface area contributed by atoms with Gasteiger partial charge in [-0.2, -0.15) is 0 Å². The molecule has 1 aliphatic rings. The highest BCUT2D eigenvalue weighted by Crippen LogP contribution is 2.24. The van der Waals surface area contributed by atoms with E-state index in [0.29, 0.717) is 0 Å². The summed E-state index contributed by atoms with van der Waals surface area (Å²) in [7, 11) is 1.83. The number of rotatable bonds is 5. The first-order valence-corrected chi connectivity index (χ1v) is 7.23. The Morgan fingerprint density at radius 2 is 2.26 bits per heavy atom. The van der Waals surface area contributed by atoms with E-state index in [1.165, 1.54) is 31.4 Å². The number of ether oxygens (including phenoxy) is 1. The van der Waals surface area contributed by atoms with Gasteiger partial charge in [0.15, 0.2) is 0 Å². The normalized spacial score (nSPS) is 24.5. The average molecular weight is 262 g/mol. The maximum Gasteiger partial charge on any atom is 0.0777 e. The van der Waals surface area contributed by atoms with Crippen LogP contribution in [0.15, 0.2) is 24.3 Å². The zero-order chi connectivity index (χ0) is 13.7. The summed E-state index contributed by atoms with van der Waals surface area (Å²) in [4.78, 5) is 2.53. The Labute approximate surface area is 116 Å². The van der Waals surface area contributed by atoms with E-state index in [0.717, 1.165) is 25.2 Å². The highest BCUT2D eigenvalue weighted by molar-refractivity contribution is 5.40. The fourth-order valence-electron chi connectivity index (χ4n) is 2.92. The van der Waals surface area contributed by atoms with Crippen LogP contribution in [-0.2, 0) is 11.2 Å². The van der Waals surface area contributed by atoms with Crippen molar-refractivity contribution in [3.05, 3.63) is 29.8 Å². The molecule has 0 bridgehead atoms. The fraction of sp³-hybridized carbons (Fsp3) is 0.625. The lowest BCUT2D eigenvalue weighted by Crippen LogP contribution is -2.47. The van der Waals surface area contributed by atoms with Crippen molar-refractivity contribution < 1.29 is 4.74 Å². The maximum absolute atomic E-state index is 5.80. The van der Waals surface area contributed by atoms with Crippen molar-refractivity contribution in [3.63, 3.8) is 0 Å². The number of benzene rings is 1. The van der Waals surface area contributed by atoms with Gasteiger partial charge in [0.25, 0.3) is 0 Å². The average Bonchev–Trinajstić information content (AvgIpc) is 2.39. The zero-order valence-electron chi connectivity index (χ0n) is 12.2. The van der Waals surface area contributed by atoms with E-state index < -0.39 is 0 Å². The van der Waals surface area contributed by atoms with Crippen molar-refractivity contribution in [2.45, 2.75) is 38.2 Å². The second-order valence-electron chi connectivity index (χ2n) is 5.88. The van der Waals surface area contributed by atoms with Gasteiger partial charge in [0.1, 0.15) is 0 Å². The van der Waals surface area contributed by atoms with Gasteiger partial charge in [-0.25, -0.2) is 0 Å². The number of likely N-dealkylation sites (tertiary alicyclic amines) is 1. The van der Waals surface area contributed by atoms with Gasteiger partial charge < -0.3 is 15.4 Å². The molecule has 2 N–H and O–H groups in total. The summed E-state index contributed by atoms with van der Waals surface area (Å²) in [6.07, 6.45) is 4.70. The van der Waals surface area contributed by atoms with E-state index in [4.69, 9.17) is 10.5 Å². The summed E-state index contributed by atoms with van der Waals surface area (Å²) in [6, 6.07) is 8.22. The molecule has 3 heteroatoms. The lowest BCUT2D eigenvalue weighted by molar-refractivity contribution is -0.0507. The molecule has 2 rings (SSSR count). The lowest BCUT2D eigenvalue weighted by Gasteiger charge is -2.39. The van der Waals surface area contributed by atoms with Crippen LogP contribution in [0.3, 0.4) is 0 Å². The Morgan fingerprint density at radius 1 is 1.42 bits per heavy atom. The second kappa shape index (κ2) is 6.40. The van der Waals surface area contributed by atoms with Crippen LogP contribution in [0.2, 0.25) is 0 Å². The SMILES string of the molecule is COC1(C)CCCN(CCCc2cccc(N)c2)C1. The van der Waals surface area contributed by atoms with E-state index in [-0.39, 0.29) is 5.60 Å². The summed E-state index contributed by atoms with van der Waals surface area (Å²) in [6.45, 7) is 5.63. The van der Waals surface area contributed by atoms with E-state index in [1.807, 2.05) is 19.2 Å². The number of methoxy groups -OCH3 is 1. The van der Waals surface area contributed by atoms with E-state index in [1.54, 1.807) is 0 Å². The van der Waals surface area contributed by atoms with Gasteiger partial charge in [-0.1, -0.05) is 12.1 Å². The second-order valence-corrected chi connectivity index (χ2v) is 5.88. The molecule has 1 unspecified atom stereocenters. The Hall–Kier alpha value is -1.06. The minimum atomic E-state index is 0.0510. The minimum absolute atomic E-state index is 0.0510. The van der Waals surface area contributed by atoms with Crippen molar-refractivity contribution in [3.8, 4) is 0 Å². The quantitative estimate of drug-likeness (QED) is 0.829. The summed E-state index contributed by atoms with van der Waals surface area (Å²) in [5.74, 6) is 0. The van der Waals surface area contributed by atoms with Gasteiger partial charge in [0.05, 0.1) is 5.60 Å². The Kier molecular flexibility index (Phi) is 4.83. The van der Waals surface area contributed by atoms with Gasteiger partial charge >= 0.3 is 0 Å². The molecule has 0 saturated carbocycles. The van der Waals surface area contributed by atoms with Gasteiger partial charge in [0.2, 0.25) is 0 Å². The number of hydrogen-bond donors (Lipinski definition) is 1. The topological polar surface area (TPSA) is 38.5 Å². The summed E-state index contributed by atoms with van der Waals surface area (Å²) < 4.78 is 5.63. The molecule has 1 aromatic rings. The molecule has 1 saturated heterocycles. The van der Waals surface area contributed by atoms with E-state index in [9.17, 15) is 0 Å². The molecule has 3 nitrogen and oxygen atoms in total. The lowest BCUT2D eigenvalue weighted by atomic mass is 9.94. The van der Waals surface area contributed by atoms with Crippen molar-refractivity contribution in [2.75, 3.05) is 32.5 Å². The molecule has 1 heterocycles. The predicted octanol–water partition coefficient (Wildman–Crippen LogP) is 2.70. The minimum Gasteiger partial charge on any atom is -0.399 e. The van der Waals surface area contributed by atoms with E-state index in [2.05, 4.69) is 24.0 Å². The molecule has 0 aliphatic carbocycles. The molecular weight excluding hydrogens is 236 g/mol. The van der Waals surface area contributed by atoms with Crippen molar-refractivity contribution in [2.24, 2.45) is 0 Å². The van der Waals surface area contributed by atoms with Crippen LogP contribution in [0, 0.1) is 0 Å². The predicted molar refractivity (Wildman–Crippen MR) is 80.3 cm³/mol. The van der Waals surface area contributed by atoms with Crippen LogP contribution in [0.4, 0.5) is 5.69 Å². The maximum atomic E-state index is 5.80. The molecule has 0 aromatic heterocycles. The van der Waals surface area contributed by atoms with Crippen LogP contribution in [0.25, 0.3) is 0 Å². The van der Waals surface area contributed by atoms with E-state index >= 15 is 0 Å². The molecule has 0 amide bonds. The molecule has 106 valence electrons. The zero-order valence-corrected chi connectivity index (χ0v) is 12.2. The fourth-order valence-corrected chi connectivity index (χ4v) is 2.92. The molecule has 1 fully saturated rings. The van der Waals surface area contributed by atoms with Crippen molar-refractivity contribution in [1.82, 2.24) is 4.90 Å². The molecular formula is C16H26N2O. The molecule has 1 aliphatic heterocycles. The molecule has 1 aromatic carbocycles. The molecule has 19 heavy (non-hydrogen) atoms. The summed E-state index contributed by atoms with van der Waals surface area (Å²) >= 11 is 0. The van der Waals surface area contributed by atoms with Crippen LogP contribution >= 0.6 is 0 Å². The van der Waals surface area contributed by atoms with Crippen LogP contribution in [-0.4, -0.2) is 37.2 Å². The monoisotopic (exact) mass is 262 g/mol. The standard InChI is InChI=1S/C16H26N2O/c1-16(19-2)9-5-11-18(13-16)10-4-7-14-6-3-8-15(17)12-14/h3,6,8,12H,4-5,7,9-11,13,17H2,1-2H3. The largest absolute Gasteiger partial charge is 0.399 e. The van der Waals surface area contributed by atoms with Crippen molar-refractivity contribution in [1.29, 1.82) is 0 Å².